The molecule has 4 rings (SSSR count). The van der Waals surface area contributed by atoms with Crippen molar-refractivity contribution in [2.24, 2.45) is 0 Å². The molecule has 0 aliphatic carbocycles. The molecular formula is C20H19ClN4O3S2. The fraction of sp³-hybridized carbons (Fsp3) is 0.250. The predicted octanol–water partition coefficient (Wildman–Crippen LogP) is 3.42. The molecule has 2 heterocycles. The summed E-state index contributed by atoms with van der Waals surface area (Å²) < 4.78 is 23.1. The van der Waals surface area contributed by atoms with E-state index in [4.69, 9.17) is 11.6 Å². The van der Waals surface area contributed by atoms with E-state index in [0.29, 0.717) is 22.4 Å². The summed E-state index contributed by atoms with van der Waals surface area (Å²) in [4.78, 5) is 21.4. The van der Waals surface area contributed by atoms with Gasteiger partial charge in [0.25, 0.3) is 0 Å². The standard InChI is InChI=1S/C20H19ClN4O3S2/c21-15-6-2-4-8-17(15)23-19-14-5-1-3-7-16(14)24-20(25-19)29-11-18(26)22-13-9-10-30(27,28)12-13/h1-8,13H,9-12H2,(H,22,26)(H,23,24,25). The highest BCUT2D eigenvalue weighted by atomic mass is 35.5. The number of nitrogens with one attached hydrogen (secondary N) is 2. The quantitative estimate of drug-likeness (QED) is 0.427. The van der Waals surface area contributed by atoms with Gasteiger partial charge in [-0.25, -0.2) is 18.4 Å². The van der Waals surface area contributed by atoms with Gasteiger partial charge >= 0.3 is 0 Å². The summed E-state index contributed by atoms with van der Waals surface area (Å²) in [5.74, 6) is 0.580. The number of aromatic nitrogens is 2. The number of hydrogen-bond donors (Lipinski definition) is 2. The van der Waals surface area contributed by atoms with Crippen LogP contribution in [0.5, 0.6) is 0 Å². The number of carbonyl (C=O) groups is 1. The summed E-state index contributed by atoms with van der Waals surface area (Å²) in [6.45, 7) is 0. The highest BCUT2D eigenvalue weighted by molar-refractivity contribution is 7.99. The van der Waals surface area contributed by atoms with Gasteiger partial charge < -0.3 is 10.6 Å². The molecule has 0 spiro atoms. The van der Waals surface area contributed by atoms with E-state index >= 15 is 0 Å². The van der Waals surface area contributed by atoms with Gasteiger partial charge in [-0.3, -0.25) is 4.79 Å². The monoisotopic (exact) mass is 462 g/mol. The van der Waals surface area contributed by atoms with E-state index in [0.717, 1.165) is 16.6 Å². The largest absolute Gasteiger partial charge is 0.352 e. The molecule has 2 N–H and O–H groups in total. The Morgan fingerprint density at radius 3 is 2.67 bits per heavy atom. The summed E-state index contributed by atoms with van der Waals surface area (Å²) in [5.41, 5.74) is 1.46. The van der Waals surface area contributed by atoms with E-state index in [1.165, 1.54) is 11.8 Å². The van der Waals surface area contributed by atoms with Gasteiger partial charge in [0.05, 0.1) is 33.5 Å². The van der Waals surface area contributed by atoms with E-state index in [9.17, 15) is 13.2 Å². The molecule has 1 aliphatic rings. The number of hydrogen-bond acceptors (Lipinski definition) is 7. The maximum absolute atomic E-state index is 12.3. The van der Waals surface area contributed by atoms with E-state index in [2.05, 4.69) is 20.6 Å². The summed E-state index contributed by atoms with van der Waals surface area (Å²) in [6.07, 6.45) is 0.455. The second-order valence-electron chi connectivity index (χ2n) is 6.93. The van der Waals surface area contributed by atoms with Crippen molar-refractivity contribution in [2.45, 2.75) is 17.6 Å². The van der Waals surface area contributed by atoms with Crippen LogP contribution in [0.4, 0.5) is 11.5 Å². The smallest absolute Gasteiger partial charge is 0.230 e. The van der Waals surface area contributed by atoms with Crippen molar-refractivity contribution in [2.75, 3.05) is 22.6 Å². The molecule has 0 saturated carbocycles. The predicted molar refractivity (Wildman–Crippen MR) is 120 cm³/mol. The van der Waals surface area contributed by atoms with Gasteiger partial charge in [0, 0.05) is 11.4 Å². The van der Waals surface area contributed by atoms with Gasteiger partial charge in [-0.1, -0.05) is 47.6 Å². The molecule has 1 amide bonds. The number of anilines is 2. The molecule has 1 unspecified atom stereocenters. The van der Waals surface area contributed by atoms with Crippen molar-refractivity contribution in [1.82, 2.24) is 15.3 Å². The minimum Gasteiger partial charge on any atom is -0.352 e. The maximum atomic E-state index is 12.3. The van der Waals surface area contributed by atoms with Crippen molar-refractivity contribution in [3.05, 3.63) is 53.6 Å². The van der Waals surface area contributed by atoms with Crippen LogP contribution in [-0.2, 0) is 14.6 Å². The first-order valence-corrected chi connectivity index (χ1v) is 12.5. The van der Waals surface area contributed by atoms with E-state index in [1.807, 2.05) is 42.5 Å². The van der Waals surface area contributed by atoms with Gasteiger partial charge in [0.1, 0.15) is 5.82 Å². The van der Waals surface area contributed by atoms with Crippen LogP contribution in [-0.4, -0.2) is 47.6 Å². The van der Waals surface area contributed by atoms with Crippen LogP contribution in [0.25, 0.3) is 10.9 Å². The van der Waals surface area contributed by atoms with Crippen molar-refractivity contribution >= 4 is 61.5 Å². The third kappa shape index (κ3) is 5.03. The Bertz CT molecular complexity index is 1200. The highest BCUT2D eigenvalue weighted by Gasteiger charge is 2.28. The van der Waals surface area contributed by atoms with Crippen LogP contribution in [0.15, 0.2) is 53.7 Å². The Kier molecular flexibility index (Phi) is 6.12. The Balaban J connectivity index is 1.50. The number of sulfone groups is 1. The third-order valence-corrected chi connectivity index (χ3v) is 7.58. The first-order chi connectivity index (χ1) is 14.4. The van der Waals surface area contributed by atoms with Gasteiger partial charge in [0.15, 0.2) is 15.0 Å². The SMILES string of the molecule is O=C(CSc1nc(Nc2ccccc2Cl)c2ccccc2n1)NC1CCS(=O)(=O)C1. The third-order valence-electron chi connectivity index (χ3n) is 4.64. The zero-order valence-corrected chi connectivity index (χ0v) is 18.2. The van der Waals surface area contributed by atoms with Crippen molar-refractivity contribution < 1.29 is 13.2 Å². The van der Waals surface area contributed by atoms with Crippen molar-refractivity contribution in [1.29, 1.82) is 0 Å². The lowest BCUT2D eigenvalue weighted by atomic mass is 10.2. The Hall–Kier alpha value is -2.36. The zero-order chi connectivity index (χ0) is 21.1. The number of para-hydroxylation sites is 2. The van der Waals surface area contributed by atoms with Crippen LogP contribution in [0.3, 0.4) is 0 Å². The van der Waals surface area contributed by atoms with Crippen molar-refractivity contribution in [3.63, 3.8) is 0 Å². The van der Waals surface area contributed by atoms with Gasteiger partial charge in [-0.05, 0) is 30.7 Å². The number of benzene rings is 2. The summed E-state index contributed by atoms with van der Waals surface area (Å²) >= 11 is 7.46. The summed E-state index contributed by atoms with van der Waals surface area (Å²) in [5, 5.41) is 7.87. The molecule has 156 valence electrons. The molecule has 1 atom stereocenters. The molecular weight excluding hydrogens is 444 g/mol. The molecule has 1 aliphatic heterocycles. The molecule has 3 aromatic rings. The van der Waals surface area contributed by atoms with E-state index in [1.54, 1.807) is 6.07 Å². The lowest BCUT2D eigenvalue weighted by Crippen LogP contribution is -2.36. The topological polar surface area (TPSA) is 101 Å². The van der Waals surface area contributed by atoms with Gasteiger partial charge in [-0.2, -0.15) is 0 Å². The average Bonchev–Trinajstić information content (AvgIpc) is 3.06. The molecule has 1 saturated heterocycles. The number of amides is 1. The first kappa shape index (κ1) is 20.9. The van der Waals surface area contributed by atoms with Crippen LogP contribution < -0.4 is 10.6 Å². The fourth-order valence-electron chi connectivity index (χ4n) is 3.21. The number of carbonyl (C=O) groups excluding carboxylic acids is 1. The second kappa shape index (κ2) is 8.79. The summed E-state index contributed by atoms with van der Waals surface area (Å²) in [7, 11) is -3.04. The van der Waals surface area contributed by atoms with E-state index < -0.39 is 9.84 Å². The van der Waals surface area contributed by atoms with E-state index in [-0.39, 0.29) is 29.2 Å². The summed E-state index contributed by atoms with van der Waals surface area (Å²) in [6, 6.07) is 14.6. The van der Waals surface area contributed by atoms with Crippen LogP contribution in [0.2, 0.25) is 5.02 Å². The number of thioether (sulfide) groups is 1. The number of rotatable bonds is 6. The lowest BCUT2D eigenvalue weighted by Gasteiger charge is -2.12. The van der Waals surface area contributed by atoms with Crippen LogP contribution in [0, 0.1) is 0 Å². The number of halogens is 1. The molecule has 10 heteroatoms. The molecule has 1 fully saturated rings. The average molecular weight is 463 g/mol. The Morgan fingerprint density at radius 2 is 1.90 bits per heavy atom. The molecule has 1 aromatic heterocycles. The highest BCUT2D eigenvalue weighted by Crippen LogP contribution is 2.29. The number of fused-ring (bicyclic) bond motifs is 1. The van der Waals surface area contributed by atoms with Crippen molar-refractivity contribution in [3.8, 4) is 0 Å². The normalized spacial score (nSPS) is 17.7. The number of nitrogens with zero attached hydrogens (tertiary/aromatic N) is 2. The van der Waals surface area contributed by atoms with Gasteiger partial charge in [0.2, 0.25) is 5.91 Å². The minimum absolute atomic E-state index is 0.00177. The Morgan fingerprint density at radius 1 is 1.13 bits per heavy atom. The lowest BCUT2D eigenvalue weighted by molar-refractivity contribution is -0.119. The molecule has 0 bridgehead atoms. The molecule has 30 heavy (non-hydrogen) atoms. The molecule has 0 radical (unpaired) electrons. The minimum atomic E-state index is -3.04. The zero-order valence-electron chi connectivity index (χ0n) is 15.8. The second-order valence-corrected chi connectivity index (χ2v) is 10.5. The van der Waals surface area contributed by atoms with Gasteiger partial charge in [-0.15, -0.1) is 0 Å². The van der Waals surface area contributed by atoms with Crippen LogP contribution >= 0.6 is 23.4 Å². The Labute approximate surface area is 183 Å². The molecule has 7 nitrogen and oxygen atoms in total. The first-order valence-electron chi connectivity index (χ1n) is 9.30. The van der Waals surface area contributed by atoms with Crippen LogP contribution in [0.1, 0.15) is 6.42 Å². The molecule has 2 aromatic carbocycles. The fourth-order valence-corrected chi connectivity index (χ4v) is 5.73. The maximum Gasteiger partial charge on any atom is 0.230 e.